The number of fused-ring (bicyclic) bond motifs is 2. The van der Waals surface area contributed by atoms with E-state index in [1.54, 1.807) is 12.4 Å². The summed E-state index contributed by atoms with van der Waals surface area (Å²) < 4.78 is 58.7. The lowest BCUT2D eigenvalue weighted by atomic mass is 9.86. The Bertz CT molecular complexity index is 3290. The summed E-state index contributed by atoms with van der Waals surface area (Å²) >= 11 is 2.57. The molecule has 0 saturated heterocycles. The zero-order valence-electron chi connectivity index (χ0n) is 34.6. The molecule has 65 heavy (non-hydrogen) atoms. The van der Waals surface area contributed by atoms with Crippen molar-refractivity contribution in [3.8, 4) is 44.8 Å². The molecule has 2 fully saturated rings. The van der Waals surface area contributed by atoms with Crippen molar-refractivity contribution in [1.82, 2.24) is 29.9 Å². The number of carbonyl (C=O) groups is 1. The van der Waals surface area contributed by atoms with E-state index in [0.29, 0.717) is 70.2 Å². The predicted molar refractivity (Wildman–Crippen MR) is 260 cm³/mol. The van der Waals surface area contributed by atoms with E-state index in [1.807, 2.05) is 72.8 Å². The van der Waals surface area contributed by atoms with Crippen LogP contribution in [0.2, 0.25) is 0 Å². The van der Waals surface area contributed by atoms with Crippen molar-refractivity contribution in [3.05, 3.63) is 97.6 Å². The highest BCUT2D eigenvalue weighted by Crippen LogP contribution is 2.47. The standard InChI is InChI=1S/C45H40N10O5S5/c1-24(56)52-44-48-19-28(20-49-44)33-18-32(26-11-6-3-7-12-26)37-39(47)43(62-41(37)54-33)64(58)35-16-15-27(35)23-65(59,60)55-45-50-21-29(22-51-45)34-17-31(25-9-4-2-5-10-25)36-38(46)42(61-40(36)53-34)63(57)30-13-8-14-30/h2-7,9-12,17-22,27,30,35H,8,13-16,23,46-47H2,1H3,(H,50,51,55)(H,48,49,52,56). The molecule has 2 aliphatic rings. The van der Waals surface area contributed by atoms with Gasteiger partial charge in [-0.2, -0.15) is 0 Å². The Morgan fingerprint density at radius 1 is 0.692 bits per heavy atom. The van der Waals surface area contributed by atoms with Crippen molar-refractivity contribution < 1.29 is 21.6 Å². The molecule has 1 amide bonds. The number of nitrogens with two attached hydrogens (primary N) is 2. The molecule has 6 aromatic heterocycles. The van der Waals surface area contributed by atoms with Gasteiger partial charge >= 0.3 is 0 Å². The van der Waals surface area contributed by atoms with E-state index in [2.05, 4.69) is 30.0 Å². The summed E-state index contributed by atoms with van der Waals surface area (Å²) in [4.78, 5) is 39.8. The normalized spacial score (nSPS) is 17.3. The first-order chi connectivity index (χ1) is 31.4. The molecule has 2 saturated carbocycles. The Morgan fingerprint density at radius 2 is 1.18 bits per heavy atom. The van der Waals surface area contributed by atoms with Crippen LogP contribution in [0.1, 0.15) is 39.0 Å². The van der Waals surface area contributed by atoms with Crippen LogP contribution in [-0.4, -0.2) is 68.9 Å². The second-order valence-electron chi connectivity index (χ2n) is 16.0. The summed E-state index contributed by atoms with van der Waals surface area (Å²) in [5.74, 6) is -0.924. The van der Waals surface area contributed by atoms with E-state index in [4.69, 9.17) is 21.4 Å². The van der Waals surface area contributed by atoms with Crippen LogP contribution >= 0.6 is 22.7 Å². The molecule has 2 aromatic carbocycles. The van der Waals surface area contributed by atoms with Crippen molar-refractivity contribution >= 4 is 104 Å². The van der Waals surface area contributed by atoms with E-state index in [9.17, 15) is 21.6 Å². The minimum absolute atomic E-state index is 0.0969. The first-order valence-corrected chi connectivity index (χ1v) is 26.4. The number of benzene rings is 2. The summed E-state index contributed by atoms with van der Waals surface area (Å²) in [6.07, 6.45) is 10.2. The molecule has 0 bridgehead atoms. The van der Waals surface area contributed by atoms with Gasteiger partial charge in [-0.25, -0.2) is 38.3 Å². The van der Waals surface area contributed by atoms with E-state index in [1.165, 1.54) is 42.0 Å². The number of hydrogen-bond acceptors (Lipinski definition) is 15. The number of nitrogen functional groups attached to an aromatic ring is 2. The molecule has 330 valence electrons. The summed E-state index contributed by atoms with van der Waals surface area (Å²) in [7, 11) is -6.84. The Kier molecular flexibility index (Phi) is 11.5. The van der Waals surface area contributed by atoms with Crippen LogP contribution < -0.4 is 21.5 Å². The largest absolute Gasteiger partial charge is 0.396 e. The topological polar surface area (TPSA) is 239 Å². The number of anilines is 4. The molecule has 0 spiro atoms. The van der Waals surface area contributed by atoms with Gasteiger partial charge in [-0.15, -0.1) is 22.7 Å². The third kappa shape index (κ3) is 8.40. The van der Waals surface area contributed by atoms with Gasteiger partial charge in [0.2, 0.25) is 27.8 Å². The highest BCUT2D eigenvalue weighted by Gasteiger charge is 2.41. The number of sulfonamides is 1. The summed E-state index contributed by atoms with van der Waals surface area (Å²) in [5, 5.41) is 3.61. The average molecular weight is 961 g/mol. The maximum absolute atomic E-state index is 14.4. The number of thiophene rings is 2. The summed E-state index contributed by atoms with van der Waals surface area (Å²) in [6, 6.07) is 23.2. The molecule has 2 aliphatic carbocycles. The quantitative estimate of drug-likeness (QED) is 0.0852. The molecular formula is C45H40N10O5S5. The molecule has 15 nitrogen and oxygen atoms in total. The SMILES string of the molecule is CC(=O)Nc1ncc(-c2cc(-c3ccccc3)c3c(N)c(S(=O)C4CCC4CS(=O)(=O)Nc4ncc(-c5cc(-c6ccccc6)c6c(N)c(S(=O)C7CCC7)sc6n5)cn4)sc3n2)cn1. The number of amides is 1. The fraction of sp³-hybridized carbons (Fsp3) is 0.222. The predicted octanol–water partition coefficient (Wildman–Crippen LogP) is 8.27. The maximum Gasteiger partial charge on any atom is 0.236 e. The molecule has 6 N–H and O–H groups in total. The smallest absolute Gasteiger partial charge is 0.236 e. The number of carbonyl (C=O) groups excluding carboxylic acids is 1. The van der Waals surface area contributed by atoms with Gasteiger partial charge in [0.1, 0.15) is 18.1 Å². The van der Waals surface area contributed by atoms with Crippen molar-refractivity contribution in [3.63, 3.8) is 0 Å². The van der Waals surface area contributed by atoms with Gasteiger partial charge in [0.05, 0.1) is 50.1 Å². The average Bonchev–Trinajstić information content (AvgIpc) is 3.80. The second-order valence-corrected chi connectivity index (χ2v) is 23.5. The van der Waals surface area contributed by atoms with Crippen molar-refractivity contribution in [2.45, 2.75) is 57.9 Å². The summed E-state index contributed by atoms with van der Waals surface area (Å²) in [5.41, 5.74) is 20.1. The van der Waals surface area contributed by atoms with E-state index < -0.39 is 42.8 Å². The van der Waals surface area contributed by atoms with Gasteiger partial charge < -0.3 is 11.5 Å². The van der Waals surface area contributed by atoms with Crippen LogP contribution in [0.25, 0.3) is 65.2 Å². The van der Waals surface area contributed by atoms with E-state index in [0.717, 1.165) is 46.9 Å². The van der Waals surface area contributed by atoms with Crippen LogP contribution in [-0.2, 0) is 36.4 Å². The highest BCUT2D eigenvalue weighted by molar-refractivity contribution is 7.92. The molecule has 20 heteroatoms. The van der Waals surface area contributed by atoms with Crippen LogP contribution in [0.4, 0.5) is 23.3 Å². The fourth-order valence-corrected chi connectivity index (χ4v) is 16.1. The van der Waals surface area contributed by atoms with Gasteiger partial charge in [-0.3, -0.25) is 23.3 Å². The number of aromatic nitrogens is 6. The Hall–Kier alpha value is -6.06. The monoisotopic (exact) mass is 960 g/mol. The number of hydrogen-bond donors (Lipinski definition) is 4. The highest BCUT2D eigenvalue weighted by atomic mass is 32.2. The molecule has 4 atom stereocenters. The lowest BCUT2D eigenvalue weighted by molar-refractivity contribution is -0.114. The van der Waals surface area contributed by atoms with Crippen molar-refractivity contribution in [2.75, 3.05) is 27.3 Å². The third-order valence-electron chi connectivity index (χ3n) is 11.7. The van der Waals surface area contributed by atoms with Gasteiger partial charge in [0.25, 0.3) is 0 Å². The minimum atomic E-state index is -3.97. The molecule has 6 heterocycles. The molecule has 4 unspecified atom stereocenters. The number of nitrogens with zero attached hydrogens (tertiary/aromatic N) is 6. The minimum Gasteiger partial charge on any atom is -0.396 e. The van der Waals surface area contributed by atoms with E-state index in [-0.39, 0.29) is 28.8 Å². The Balaban J connectivity index is 0.880. The zero-order chi connectivity index (χ0) is 45.0. The van der Waals surface area contributed by atoms with Crippen molar-refractivity contribution in [2.24, 2.45) is 5.92 Å². The second kappa shape index (κ2) is 17.4. The molecular weight excluding hydrogens is 921 g/mol. The lowest BCUT2D eigenvalue weighted by Crippen LogP contribution is -2.41. The first-order valence-electron chi connectivity index (χ1n) is 20.7. The molecule has 8 aromatic rings. The number of pyridine rings is 2. The zero-order valence-corrected chi connectivity index (χ0v) is 38.7. The number of rotatable bonds is 13. The van der Waals surface area contributed by atoms with Gasteiger partial charge in [0.15, 0.2) is 0 Å². The van der Waals surface area contributed by atoms with Gasteiger partial charge in [-0.05, 0) is 66.0 Å². The van der Waals surface area contributed by atoms with Crippen LogP contribution in [0.15, 0.2) is 106 Å². The Labute approximate surface area is 386 Å². The van der Waals surface area contributed by atoms with Gasteiger partial charge in [-0.1, -0.05) is 67.1 Å². The summed E-state index contributed by atoms with van der Waals surface area (Å²) in [6.45, 7) is 1.38. The lowest BCUT2D eigenvalue weighted by Gasteiger charge is -2.35. The number of nitrogens with one attached hydrogen (secondary N) is 2. The first kappa shape index (κ1) is 42.9. The third-order valence-corrected chi connectivity index (χ3v) is 19.8. The Morgan fingerprint density at radius 3 is 1.63 bits per heavy atom. The molecule has 0 radical (unpaired) electrons. The maximum atomic E-state index is 14.4. The fourth-order valence-electron chi connectivity index (χ4n) is 8.03. The van der Waals surface area contributed by atoms with Crippen LogP contribution in [0, 0.1) is 5.92 Å². The molecule has 0 aliphatic heterocycles. The van der Waals surface area contributed by atoms with Crippen LogP contribution in [0.5, 0.6) is 0 Å². The van der Waals surface area contributed by atoms with Crippen molar-refractivity contribution in [1.29, 1.82) is 0 Å². The van der Waals surface area contributed by atoms with Gasteiger partial charge in [0, 0.05) is 64.1 Å². The molecule has 10 rings (SSSR count). The van der Waals surface area contributed by atoms with E-state index >= 15 is 0 Å². The van der Waals surface area contributed by atoms with Crippen LogP contribution in [0.3, 0.4) is 0 Å².